The van der Waals surface area contributed by atoms with Crippen molar-refractivity contribution in [2.75, 3.05) is 10.0 Å². The van der Waals surface area contributed by atoms with Crippen molar-refractivity contribution in [2.24, 2.45) is 0 Å². The van der Waals surface area contributed by atoms with Crippen LogP contribution in [-0.2, 0) is 21.0 Å². The summed E-state index contributed by atoms with van der Waals surface area (Å²) in [6.07, 6.45) is -4.44. The molecule has 1 heterocycles. The number of amides is 1. The van der Waals surface area contributed by atoms with E-state index in [1.54, 1.807) is 6.07 Å². The number of fused-ring (bicyclic) bond motifs is 1. The third kappa shape index (κ3) is 4.56. The third-order valence-electron chi connectivity index (χ3n) is 3.86. The monoisotopic (exact) mass is 450 g/mol. The maximum Gasteiger partial charge on any atom is 0.417 e. The van der Waals surface area contributed by atoms with Crippen LogP contribution in [0, 0.1) is 0 Å². The fourth-order valence-electron chi connectivity index (χ4n) is 2.62. The number of rotatable bonds is 3. The van der Waals surface area contributed by atoms with Crippen LogP contribution < -0.4 is 10.0 Å². The lowest BCUT2D eigenvalue weighted by Crippen LogP contribution is -2.16. The Morgan fingerprint density at radius 1 is 1.21 bits per heavy atom. The lowest BCUT2D eigenvalue weighted by molar-refractivity contribution is -0.137. The Labute approximate surface area is 168 Å². The molecule has 0 aliphatic carbocycles. The molecule has 2 N–H and O–H groups in total. The van der Waals surface area contributed by atoms with E-state index < -0.39 is 26.8 Å². The topological polar surface area (TPSA) is 75.3 Å². The molecule has 1 unspecified atom stereocenters. The van der Waals surface area contributed by atoms with Crippen LogP contribution in [0.25, 0.3) is 0 Å². The Kier molecular flexibility index (Phi) is 5.57. The number of alkyl halides is 3. The van der Waals surface area contributed by atoms with Crippen molar-refractivity contribution >= 4 is 50.7 Å². The van der Waals surface area contributed by atoms with Crippen LogP contribution >= 0.6 is 23.4 Å². The Morgan fingerprint density at radius 2 is 1.93 bits per heavy atom. The molecule has 5 nitrogen and oxygen atoms in total. The molecule has 1 aliphatic heterocycles. The van der Waals surface area contributed by atoms with Crippen molar-refractivity contribution in [2.45, 2.75) is 34.6 Å². The van der Waals surface area contributed by atoms with Gasteiger partial charge in [0.1, 0.15) is 0 Å². The Bertz CT molecular complexity index is 1040. The van der Waals surface area contributed by atoms with Gasteiger partial charge in [-0.3, -0.25) is 9.52 Å². The van der Waals surface area contributed by atoms with E-state index in [-0.39, 0.29) is 28.2 Å². The van der Waals surface area contributed by atoms with E-state index in [0.29, 0.717) is 16.6 Å². The fraction of sp³-hybridized carbons (Fsp3) is 0.235. The highest BCUT2D eigenvalue weighted by Gasteiger charge is 2.33. The highest BCUT2D eigenvalue weighted by atomic mass is 35.5. The van der Waals surface area contributed by atoms with Crippen molar-refractivity contribution in [3.8, 4) is 0 Å². The number of carbonyl (C=O) groups excluding carboxylic acids is 1. The summed E-state index contributed by atoms with van der Waals surface area (Å²) in [5.41, 5.74) is -1.08. The van der Waals surface area contributed by atoms with Gasteiger partial charge in [0.05, 0.1) is 21.2 Å². The van der Waals surface area contributed by atoms with E-state index >= 15 is 0 Å². The Morgan fingerprint density at radius 3 is 2.61 bits per heavy atom. The number of benzene rings is 2. The van der Waals surface area contributed by atoms with Crippen molar-refractivity contribution in [1.82, 2.24) is 0 Å². The second-order valence-electron chi connectivity index (χ2n) is 6.14. The van der Waals surface area contributed by atoms with Crippen LogP contribution in [0.1, 0.15) is 18.9 Å². The second kappa shape index (κ2) is 7.49. The molecule has 0 bridgehead atoms. The van der Waals surface area contributed by atoms with Crippen LogP contribution in [0.3, 0.4) is 0 Å². The molecule has 0 fully saturated rings. The van der Waals surface area contributed by atoms with Gasteiger partial charge in [0.25, 0.3) is 10.0 Å². The Balaban J connectivity index is 1.93. The molecule has 0 saturated carbocycles. The van der Waals surface area contributed by atoms with Gasteiger partial charge in [0, 0.05) is 22.3 Å². The van der Waals surface area contributed by atoms with E-state index in [1.807, 2.05) is 6.92 Å². The summed E-state index contributed by atoms with van der Waals surface area (Å²) < 4.78 is 66.3. The number of carbonyl (C=O) groups is 1. The molecule has 11 heteroatoms. The van der Waals surface area contributed by atoms with Crippen LogP contribution in [0.15, 0.2) is 46.2 Å². The van der Waals surface area contributed by atoms with Gasteiger partial charge in [-0.15, -0.1) is 11.8 Å². The number of halogens is 4. The zero-order valence-corrected chi connectivity index (χ0v) is 16.7. The molecule has 0 saturated heterocycles. The first-order chi connectivity index (χ1) is 13.0. The van der Waals surface area contributed by atoms with Gasteiger partial charge in [-0.05, 0) is 36.4 Å². The minimum atomic E-state index is -4.72. The number of nitrogens with one attached hydrogen (secondary N) is 2. The molecule has 2 aromatic carbocycles. The van der Waals surface area contributed by atoms with Gasteiger partial charge in [-0.25, -0.2) is 8.42 Å². The van der Waals surface area contributed by atoms with Crippen LogP contribution in [0.2, 0.25) is 5.02 Å². The summed E-state index contributed by atoms with van der Waals surface area (Å²) in [4.78, 5) is 12.4. The molecule has 1 atom stereocenters. The minimum absolute atomic E-state index is 0.0247. The molecule has 2 aromatic rings. The molecular formula is C17H14ClF3N2O3S2. The average molecular weight is 451 g/mol. The van der Waals surface area contributed by atoms with Crippen LogP contribution in [0.4, 0.5) is 24.5 Å². The number of hydrogen-bond acceptors (Lipinski definition) is 4. The van der Waals surface area contributed by atoms with Crippen LogP contribution in [0.5, 0.6) is 0 Å². The van der Waals surface area contributed by atoms with E-state index in [0.717, 1.165) is 12.1 Å². The largest absolute Gasteiger partial charge is 0.417 e. The van der Waals surface area contributed by atoms with Gasteiger partial charge in [0.15, 0.2) is 0 Å². The van der Waals surface area contributed by atoms with E-state index in [4.69, 9.17) is 11.6 Å². The highest BCUT2D eigenvalue weighted by Crippen LogP contribution is 2.38. The number of sulfonamides is 1. The third-order valence-corrected chi connectivity index (χ3v) is 6.75. The van der Waals surface area contributed by atoms with Gasteiger partial charge in [0.2, 0.25) is 5.91 Å². The molecule has 0 aromatic heterocycles. The molecule has 1 amide bonds. The molecule has 150 valence electrons. The van der Waals surface area contributed by atoms with Crippen LogP contribution in [-0.4, -0.2) is 19.6 Å². The number of thioether (sulfide) groups is 1. The SMILES string of the molecule is CC1CC(=O)Nc2cc(S(=O)(=O)Nc3ccc(Cl)c(C(F)(F)F)c3)ccc2S1. The smallest absolute Gasteiger partial charge is 0.325 e. The fourth-order valence-corrected chi connectivity index (χ4v) is 4.97. The quantitative estimate of drug-likeness (QED) is 0.691. The Hall–Kier alpha value is -1.91. The van der Waals surface area contributed by atoms with Gasteiger partial charge in [-0.2, -0.15) is 13.2 Å². The zero-order chi connectivity index (χ0) is 20.7. The highest BCUT2D eigenvalue weighted by molar-refractivity contribution is 8.00. The second-order valence-corrected chi connectivity index (χ2v) is 9.71. The molecule has 0 radical (unpaired) electrons. The van der Waals surface area contributed by atoms with E-state index in [1.165, 1.54) is 23.9 Å². The van der Waals surface area contributed by atoms with E-state index in [2.05, 4.69) is 10.0 Å². The van der Waals surface area contributed by atoms with Crippen molar-refractivity contribution < 1.29 is 26.4 Å². The van der Waals surface area contributed by atoms with Gasteiger partial charge >= 0.3 is 6.18 Å². The molecule has 1 aliphatic rings. The average Bonchev–Trinajstić information content (AvgIpc) is 2.70. The lowest BCUT2D eigenvalue weighted by Gasteiger charge is -2.14. The first kappa shape index (κ1) is 20.8. The number of anilines is 2. The predicted molar refractivity (Wildman–Crippen MR) is 102 cm³/mol. The molecule has 0 spiro atoms. The maximum atomic E-state index is 13.0. The summed E-state index contributed by atoms with van der Waals surface area (Å²) in [5, 5.41) is 2.14. The summed E-state index contributed by atoms with van der Waals surface area (Å²) in [6, 6.07) is 6.90. The van der Waals surface area contributed by atoms with Gasteiger partial charge in [-0.1, -0.05) is 18.5 Å². The lowest BCUT2D eigenvalue weighted by atomic mass is 10.2. The summed E-state index contributed by atoms with van der Waals surface area (Å²) in [5.74, 6) is -0.242. The van der Waals surface area contributed by atoms with Crippen molar-refractivity contribution in [3.05, 3.63) is 47.0 Å². The zero-order valence-electron chi connectivity index (χ0n) is 14.3. The van der Waals surface area contributed by atoms with Gasteiger partial charge < -0.3 is 5.32 Å². The summed E-state index contributed by atoms with van der Waals surface area (Å²) in [6.45, 7) is 1.88. The molecule has 28 heavy (non-hydrogen) atoms. The van der Waals surface area contributed by atoms with Crippen molar-refractivity contribution in [1.29, 1.82) is 0 Å². The standard InChI is InChI=1S/C17H14ClF3N2O3S2/c1-9-6-16(24)22-14-8-11(3-5-15(14)27-9)28(25,26)23-10-2-4-13(18)12(7-10)17(19,20)21/h2-5,7-9,23H,6H2,1H3,(H,22,24). The minimum Gasteiger partial charge on any atom is -0.325 e. The predicted octanol–water partition coefficient (Wildman–Crippen LogP) is 4.98. The molecular weight excluding hydrogens is 437 g/mol. The maximum absolute atomic E-state index is 13.0. The normalized spacial score (nSPS) is 17.5. The number of hydrogen-bond donors (Lipinski definition) is 2. The summed E-state index contributed by atoms with van der Waals surface area (Å²) in [7, 11) is -4.19. The molecule has 3 rings (SSSR count). The van der Waals surface area contributed by atoms with Crippen molar-refractivity contribution in [3.63, 3.8) is 0 Å². The van der Waals surface area contributed by atoms with E-state index in [9.17, 15) is 26.4 Å². The first-order valence-corrected chi connectivity index (χ1v) is 10.7. The summed E-state index contributed by atoms with van der Waals surface area (Å²) >= 11 is 6.98. The first-order valence-electron chi connectivity index (χ1n) is 7.96.